The van der Waals surface area contributed by atoms with Gasteiger partial charge < -0.3 is 19.4 Å². The Hall–Kier alpha value is -3.35. The zero-order valence-corrected chi connectivity index (χ0v) is 16.7. The van der Waals surface area contributed by atoms with Crippen LogP contribution in [0.3, 0.4) is 0 Å². The Kier molecular flexibility index (Phi) is 5.09. The van der Waals surface area contributed by atoms with E-state index in [4.69, 9.17) is 0 Å². The monoisotopic (exact) mass is 380 g/mol. The predicted molar refractivity (Wildman–Crippen MR) is 112 cm³/mol. The molecule has 0 radical (unpaired) electrons. The summed E-state index contributed by atoms with van der Waals surface area (Å²) in [5, 5.41) is 2.94. The fraction of sp³-hybridized carbons (Fsp3) is 0.286. The number of rotatable bonds is 4. The molecule has 0 aliphatic rings. The van der Waals surface area contributed by atoms with Crippen molar-refractivity contribution in [3.8, 4) is 0 Å². The van der Waals surface area contributed by atoms with Gasteiger partial charge in [0.05, 0.1) is 28.8 Å². The van der Waals surface area contributed by atoms with Gasteiger partial charge in [-0.3, -0.25) is 14.4 Å². The lowest BCUT2D eigenvalue weighted by Crippen LogP contribution is -2.39. The topological polar surface area (TPSA) is 76.3 Å². The second kappa shape index (κ2) is 7.34. The van der Waals surface area contributed by atoms with Crippen molar-refractivity contribution in [2.75, 3.05) is 24.3 Å². The molecular weight excluding hydrogens is 356 g/mol. The Morgan fingerprint density at radius 3 is 2.04 bits per heavy atom. The molecule has 0 bridgehead atoms. The number of nitrogens with zero attached hydrogens (tertiary/aromatic N) is 3. The van der Waals surface area contributed by atoms with E-state index in [1.54, 1.807) is 26.2 Å². The van der Waals surface area contributed by atoms with Crippen molar-refractivity contribution in [2.45, 2.75) is 13.3 Å². The van der Waals surface area contributed by atoms with Gasteiger partial charge in [-0.2, -0.15) is 0 Å². The fourth-order valence-electron chi connectivity index (χ4n) is 3.16. The summed E-state index contributed by atoms with van der Waals surface area (Å²) in [5.74, 6) is -0.152. The minimum absolute atomic E-state index is 0.152. The molecule has 1 aromatic heterocycles. The van der Waals surface area contributed by atoms with Gasteiger partial charge in [0.15, 0.2) is 0 Å². The maximum Gasteiger partial charge on any atom is 0.316 e. The molecule has 0 atom stereocenters. The van der Waals surface area contributed by atoms with E-state index in [1.807, 2.05) is 50.2 Å². The van der Waals surface area contributed by atoms with Crippen LogP contribution in [0.5, 0.6) is 0 Å². The Morgan fingerprint density at radius 2 is 1.50 bits per heavy atom. The number of fused-ring (bicyclic) bond motifs is 1. The molecule has 2 aromatic carbocycles. The number of aryl methyl sites for hydroxylation is 3. The van der Waals surface area contributed by atoms with Crippen LogP contribution in [0.2, 0.25) is 0 Å². The summed E-state index contributed by atoms with van der Waals surface area (Å²) < 4.78 is 2.65. The molecule has 3 aromatic rings. The van der Waals surface area contributed by atoms with Gasteiger partial charge in [-0.1, -0.05) is 29.8 Å². The number of nitrogens with one attached hydrogen (secondary N) is 1. The van der Waals surface area contributed by atoms with Gasteiger partial charge in [0, 0.05) is 28.2 Å². The van der Waals surface area contributed by atoms with Crippen LogP contribution in [0.1, 0.15) is 11.1 Å². The van der Waals surface area contributed by atoms with Gasteiger partial charge >= 0.3 is 11.1 Å². The third-order valence-corrected chi connectivity index (χ3v) is 4.85. The van der Waals surface area contributed by atoms with Crippen LogP contribution in [0.25, 0.3) is 11.0 Å². The highest BCUT2D eigenvalue weighted by Crippen LogP contribution is 2.29. The Balaban J connectivity index is 2.05. The van der Waals surface area contributed by atoms with Crippen molar-refractivity contribution in [2.24, 2.45) is 14.1 Å². The van der Waals surface area contributed by atoms with Crippen LogP contribution in [-0.4, -0.2) is 29.1 Å². The highest BCUT2D eigenvalue weighted by molar-refractivity contribution is 5.99. The standard InChI is InChI=1S/C21H24N4O3/c1-13-6-8-14(9-7-13)10-19(26)22-15-11-17-18(12-16(15)23(2)3)25(5)21(28)20(27)24(17)4/h6-9,11-12H,10H2,1-5H3,(H,22,26). The average molecular weight is 380 g/mol. The van der Waals surface area contributed by atoms with Gasteiger partial charge in [0.2, 0.25) is 5.91 Å². The third-order valence-electron chi connectivity index (χ3n) is 4.85. The largest absolute Gasteiger partial charge is 0.376 e. The first-order chi connectivity index (χ1) is 13.2. The van der Waals surface area contributed by atoms with E-state index in [-0.39, 0.29) is 12.3 Å². The lowest BCUT2D eigenvalue weighted by atomic mass is 10.1. The molecule has 1 amide bonds. The summed E-state index contributed by atoms with van der Waals surface area (Å²) in [6, 6.07) is 11.3. The number of hydrogen-bond acceptors (Lipinski definition) is 4. The quantitative estimate of drug-likeness (QED) is 0.700. The second-order valence-corrected chi connectivity index (χ2v) is 7.19. The molecule has 1 N–H and O–H groups in total. The number of carbonyl (C=O) groups excluding carboxylic acids is 1. The maximum atomic E-state index is 12.6. The molecule has 146 valence electrons. The highest BCUT2D eigenvalue weighted by atomic mass is 16.2. The predicted octanol–water partition coefficient (Wildman–Crippen LogP) is 1.79. The van der Waals surface area contributed by atoms with Gasteiger partial charge in [0.25, 0.3) is 0 Å². The van der Waals surface area contributed by atoms with Crippen LogP contribution in [0, 0.1) is 6.92 Å². The van der Waals surface area contributed by atoms with Crippen molar-refractivity contribution in [1.29, 1.82) is 0 Å². The smallest absolute Gasteiger partial charge is 0.316 e. The lowest BCUT2D eigenvalue weighted by molar-refractivity contribution is -0.115. The number of anilines is 2. The van der Waals surface area contributed by atoms with Gasteiger partial charge in [-0.05, 0) is 24.6 Å². The number of carbonyl (C=O) groups is 1. The first kappa shape index (κ1) is 19.4. The Labute approximate surface area is 162 Å². The van der Waals surface area contributed by atoms with E-state index in [0.29, 0.717) is 16.7 Å². The van der Waals surface area contributed by atoms with Gasteiger partial charge in [-0.15, -0.1) is 0 Å². The minimum Gasteiger partial charge on any atom is -0.376 e. The SMILES string of the molecule is Cc1ccc(CC(=O)Nc2cc3c(cc2N(C)C)n(C)c(=O)c(=O)n3C)cc1. The maximum absolute atomic E-state index is 12.6. The summed E-state index contributed by atoms with van der Waals surface area (Å²) in [6.07, 6.45) is 0.247. The fourth-order valence-corrected chi connectivity index (χ4v) is 3.16. The number of hydrogen-bond donors (Lipinski definition) is 1. The molecule has 0 spiro atoms. The van der Waals surface area contributed by atoms with Crippen LogP contribution >= 0.6 is 0 Å². The van der Waals surface area contributed by atoms with Crippen LogP contribution in [0.4, 0.5) is 11.4 Å². The molecule has 28 heavy (non-hydrogen) atoms. The number of amides is 1. The van der Waals surface area contributed by atoms with Crippen molar-refractivity contribution >= 4 is 28.3 Å². The summed E-state index contributed by atoms with van der Waals surface area (Å²) >= 11 is 0. The Bertz CT molecular complexity index is 1170. The Morgan fingerprint density at radius 1 is 0.964 bits per heavy atom. The average Bonchev–Trinajstić information content (AvgIpc) is 2.66. The lowest BCUT2D eigenvalue weighted by Gasteiger charge is -2.20. The summed E-state index contributed by atoms with van der Waals surface area (Å²) in [5.41, 5.74) is 3.39. The van der Waals surface area contributed by atoms with Crippen molar-refractivity contribution in [3.63, 3.8) is 0 Å². The number of benzene rings is 2. The molecule has 0 aliphatic heterocycles. The molecule has 0 fully saturated rings. The summed E-state index contributed by atoms with van der Waals surface area (Å²) in [7, 11) is 6.84. The first-order valence-electron chi connectivity index (χ1n) is 8.95. The highest BCUT2D eigenvalue weighted by Gasteiger charge is 2.15. The molecule has 0 aliphatic carbocycles. The van der Waals surface area contributed by atoms with E-state index < -0.39 is 11.1 Å². The zero-order chi connectivity index (χ0) is 20.6. The molecule has 7 heteroatoms. The van der Waals surface area contributed by atoms with E-state index in [1.165, 1.54) is 9.13 Å². The van der Waals surface area contributed by atoms with E-state index in [2.05, 4.69) is 5.32 Å². The van der Waals surface area contributed by atoms with E-state index >= 15 is 0 Å². The van der Waals surface area contributed by atoms with Crippen molar-refractivity contribution in [1.82, 2.24) is 9.13 Å². The molecule has 0 saturated carbocycles. The molecule has 0 unspecified atom stereocenters. The summed E-state index contributed by atoms with van der Waals surface area (Å²) in [4.78, 5) is 38.7. The summed E-state index contributed by atoms with van der Waals surface area (Å²) in [6.45, 7) is 2.00. The van der Waals surface area contributed by atoms with E-state index in [9.17, 15) is 14.4 Å². The van der Waals surface area contributed by atoms with Crippen LogP contribution in [0.15, 0.2) is 46.0 Å². The van der Waals surface area contributed by atoms with Gasteiger partial charge in [0.1, 0.15) is 0 Å². The van der Waals surface area contributed by atoms with E-state index in [0.717, 1.165) is 16.8 Å². The van der Waals surface area contributed by atoms with Crippen LogP contribution in [-0.2, 0) is 25.3 Å². The second-order valence-electron chi connectivity index (χ2n) is 7.19. The molecular formula is C21H24N4O3. The molecule has 1 heterocycles. The van der Waals surface area contributed by atoms with Gasteiger partial charge in [-0.25, -0.2) is 0 Å². The van der Waals surface area contributed by atoms with Crippen molar-refractivity contribution in [3.05, 3.63) is 68.2 Å². The van der Waals surface area contributed by atoms with Crippen LogP contribution < -0.4 is 21.3 Å². The first-order valence-corrected chi connectivity index (χ1v) is 8.95. The minimum atomic E-state index is -0.607. The molecule has 7 nitrogen and oxygen atoms in total. The zero-order valence-electron chi connectivity index (χ0n) is 16.7. The molecule has 3 rings (SSSR count). The normalized spacial score (nSPS) is 10.9. The number of aromatic nitrogens is 2. The van der Waals surface area contributed by atoms with Crippen molar-refractivity contribution < 1.29 is 4.79 Å². The third kappa shape index (κ3) is 3.55. The molecule has 0 saturated heterocycles.